The van der Waals surface area contributed by atoms with Crippen LogP contribution >= 0.6 is 0 Å². The smallest absolute Gasteiger partial charge is 0.258 e. The molecule has 1 N–H and O–H groups in total. The summed E-state index contributed by atoms with van der Waals surface area (Å²) >= 11 is 0. The fraction of sp³-hybridized carbons (Fsp3) is 0.381. The highest BCUT2D eigenvalue weighted by atomic mass is 16.5. The third-order valence-corrected chi connectivity index (χ3v) is 4.25. The van der Waals surface area contributed by atoms with E-state index >= 15 is 0 Å². The van der Waals surface area contributed by atoms with Gasteiger partial charge < -0.3 is 19.5 Å². The van der Waals surface area contributed by atoms with E-state index in [0.717, 1.165) is 18.4 Å². The van der Waals surface area contributed by atoms with Crippen molar-refractivity contribution in [3.05, 3.63) is 53.6 Å². The fourth-order valence-corrected chi connectivity index (χ4v) is 2.70. The molecule has 0 aliphatic rings. The number of carbonyl (C=O) groups is 1. The topological polar surface area (TPSA) is 56.8 Å². The Morgan fingerprint density at radius 2 is 1.69 bits per heavy atom. The van der Waals surface area contributed by atoms with Crippen LogP contribution in [0.4, 0.5) is 0 Å². The Labute approximate surface area is 155 Å². The molecule has 0 radical (unpaired) electrons. The van der Waals surface area contributed by atoms with E-state index in [9.17, 15) is 4.79 Å². The number of aryl methyl sites for hydroxylation is 1. The van der Waals surface area contributed by atoms with Gasteiger partial charge in [-0.3, -0.25) is 4.79 Å². The van der Waals surface area contributed by atoms with Crippen molar-refractivity contribution in [3.8, 4) is 17.2 Å². The molecule has 0 unspecified atom stereocenters. The lowest BCUT2D eigenvalue weighted by Gasteiger charge is -2.19. The van der Waals surface area contributed by atoms with Crippen molar-refractivity contribution in [2.45, 2.75) is 32.7 Å². The van der Waals surface area contributed by atoms with Crippen molar-refractivity contribution in [1.82, 2.24) is 5.32 Å². The van der Waals surface area contributed by atoms with Crippen LogP contribution in [0.25, 0.3) is 0 Å². The van der Waals surface area contributed by atoms with Gasteiger partial charge in [-0.25, -0.2) is 0 Å². The molecule has 2 aromatic carbocycles. The number of hydrogen-bond acceptors (Lipinski definition) is 4. The molecule has 26 heavy (non-hydrogen) atoms. The number of rotatable bonds is 9. The molecule has 0 saturated carbocycles. The standard InChI is InChI=1S/C21H27NO4/c1-5-15-7-10-17(11-8-15)26-14-21(23)22-18(6-2)16-9-12-19(24-3)20(13-16)25-4/h7-13,18H,5-6,14H2,1-4H3,(H,22,23)/t18-/m0/s1. The number of methoxy groups -OCH3 is 2. The van der Waals surface area contributed by atoms with Crippen LogP contribution in [0.1, 0.15) is 37.4 Å². The summed E-state index contributed by atoms with van der Waals surface area (Å²) in [6.45, 7) is 4.10. The maximum absolute atomic E-state index is 12.3. The predicted octanol–water partition coefficient (Wildman–Crippen LogP) is 3.91. The van der Waals surface area contributed by atoms with Crippen molar-refractivity contribution in [3.63, 3.8) is 0 Å². The van der Waals surface area contributed by atoms with Crippen molar-refractivity contribution in [2.24, 2.45) is 0 Å². The minimum atomic E-state index is -0.161. The summed E-state index contributed by atoms with van der Waals surface area (Å²) in [6, 6.07) is 13.3. The minimum absolute atomic E-state index is 0.0186. The quantitative estimate of drug-likeness (QED) is 0.739. The van der Waals surface area contributed by atoms with Crippen LogP contribution in [0.2, 0.25) is 0 Å². The monoisotopic (exact) mass is 357 g/mol. The summed E-state index contributed by atoms with van der Waals surface area (Å²) in [4.78, 5) is 12.3. The van der Waals surface area contributed by atoms with Crippen LogP contribution in [-0.2, 0) is 11.2 Å². The van der Waals surface area contributed by atoms with E-state index in [1.54, 1.807) is 14.2 Å². The Balaban J connectivity index is 1.96. The van der Waals surface area contributed by atoms with Crippen molar-refractivity contribution >= 4 is 5.91 Å². The average Bonchev–Trinajstić information content (AvgIpc) is 2.70. The first-order valence-corrected chi connectivity index (χ1v) is 8.84. The maximum Gasteiger partial charge on any atom is 0.258 e. The van der Waals surface area contributed by atoms with Crippen LogP contribution in [0.3, 0.4) is 0 Å². The van der Waals surface area contributed by atoms with Gasteiger partial charge in [0, 0.05) is 0 Å². The van der Waals surface area contributed by atoms with Crippen molar-refractivity contribution in [1.29, 1.82) is 0 Å². The van der Waals surface area contributed by atoms with Crippen LogP contribution < -0.4 is 19.5 Å². The summed E-state index contributed by atoms with van der Waals surface area (Å²) in [7, 11) is 3.19. The van der Waals surface area contributed by atoms with E-state index < -0.39 is 0 Å². The van der Waals surface area contributed by atoms with Crippen LogP contribution in [0.5, 0.6) is 17.2 Å². The summed E-state index contributed by atoms with van der Waals surface area (Å²) in [5, 5.41) is 3.00. The fourth-order valence-electron chi connectivity index (χ4n) is 2.70. The summed E-state index contributed by atoms with van der Waals surface area (Å²) in [5.74, 6) is 1.84. The largest absolute Gasteiger partial charge is 0.493 e. The maximum atomic E-state index is 12.3. The number of benzene rings is 2. The first-order valence-electron chi connectivity index (χ1n) is 8.84. The van der Waals surface area contributed by atoms with Gasteiger partial charge in [-0.2, -0.15) is 0 Å². The zero-order chi connectivity index (χ0) is 18.9. The molecule has 0 aliphatic carbocycles. The molecule has 0 bridgehead atoms. The lowest BCUT2D eigenvalue weighted by molar-refractivity contribution is -0.123. The Bertz CT molecular complexity index is 712. The van der Waals surface area contributed by atoms with Crippen molar-refractivity contribution in [2.75, 3.05) is 20.8 Å². The lowest BCUT2D eigenvalue weighted by Crippen LogP contribution is -2.32. The number of hydrogen-bond donors (Lipinski definition) is 1. The zero-order valence-electron chi connectivity index (χ0n) is 15.9. The molecular formula is C21H27NO4. The third kappa shape index (κ3) is 5.15. The van der Waals surface area contributed by atoms with E-state index in [1.165, 1.54) is 5.56 Å². The van der Waals surface area contributed by atoms with Crippen LogP contribution in [0, 0.1) is 0 Å². The van der Waals surface area contributed by atoms with E-state index in [-0.39, 0.29) is 18.6 Å². The second-order valence-corrected chi connectivity index (χ2v) is 5.93. The third-order valence-electron chi connectivity index (χ3n) is 4.25. The molecule has 140 valence electrons. The normalized spacial score (nSPS) is 11.5. The van der Waals surface area contributed by atoms with Gasteiger partial charge in [0.1, 0.15) is 5.75 Å². The van der Waals surface area contributed by atoms with E-state index in [4.69, 9.17) is 14.2 Å². The highest BCUT2D eigenvalue weighted by molar-refractivity contribution is 5.78. The number of ether oxygens (including phenoxy) is 3. The molecule has 0 heterocycles. The summed E-state index contributed by atoms with van der Waals surface area (Å²) < 4.78 is 16.2. The van der Waals surface area contributed by atoms with Gasteiger partial charge in [0.2, 0.25) is 0 Å². The molecule has 0 aliphatic heterocycles. The molecule has 5 heteroatoms. The van der Waals surface area contributed by atoms with Gasteiger partial charge in [0.15, 0.2) is 18.1 Å². The highest BCUT2D eigenvalue weighted by Gasteiger charge is 2.15. The molecular weight excluding hydrogens is 330 g/mol. The Morgan fingerprint density at radius 3 is 2.27 bits per heavy atom. The second kappa shape index (κ2) is 9.70. The van der Waals surface area contributed by atoms with Gasteiger partial charge in [-0.1, -0.05) is 32.0 Å². The van der Waals surface area contributed by atoms with Gasteiger partial charge in [-0.15, -0.1) is 0 Å². The molecule has 2 aromatic rings. The molecule has 1 amide bonds. The summed E-state index contributed by atoms with van der Waals surface area (Å²) in [6.07, 6.45) is 1.73. The van der Waals surface area contributed by atoms with E-state index in [1.807, 2.05) is 49.4 Å². The molecule has 1 atom stereocenters. The SMILES string of the molecule is CCc1ccc(OCC(=O)N[C@@H](CC)c2ccc(OC)c(OC)c2)cc1. The van der Waals surface area contributed by atoms with Gasteiger partial charge in [-0.05, 0) is 48.2 Å². The van der Waals surface area contributed by atoms with Gasteiger partial charge in [0.25, 0.3) is 5.91 Å². The Morgan fingerprint density at radius 1 is 1.00 bits per heavy atom. The molecule has 0 aromatic heterocycles. The lowest BCUT2D eigenvalue weighted by atomic mass is 10.0. The molecule has 5 nitrogen and oxygen atoms in total. The number of nitrogens with one attached hydrogen (secondary N) is 1. The van der Waals surface area contributed by atoms with Crippen LogP contribution in [-0.4, -0.2) is 26.7 Å². The van der Waals surface area contributed by atoms with E-state index in [0.29, 0.717) is 17.2 Å². The van der Waals surface area contributed by atoms with E-state index in [2.05, 4.69) is 12.2 Å². The molecule has 0 fully saturated rings. The second-order valence-electron chi connectivity index (χ2n) is 5.93. The number of carbonyl (C=O) groups excluding carboxylic acids is 1. The molecule has 0 saturated heterocycles. The molecule has 0 spiro atoms. The molecule has 2 rings (SSSR count). The van der Waals surface area contributed by atoms with Crippen molar-refractivity contribution < 1.29 is 19.0 Å². The highest BCUT2D eigenvalue weighted by Crippen LogP contribution is 2.30. The predicted molar refractivity (Wildman–Crippen MR) is 102 cm³/mol. The number of amides is 1. The van der Waals surface area contributed by atoms with Crippen LogP contribution in [0.15, 0.2) is 42.5 Å². The Kier molecular flexibility index (Phi) is 7.33. The first kappa shape index (κ1) is 19.6. The van der Waals surface area contributed by atoms with Gasteiger partial charge in [0.05, 0.1) is 20.3 Å². The zero-order valence-corrected chi connectivity index (χ0v) is 15.9. The Hall–Kier alpha value is -2.69. The summed E-state index contributed by atoms with van der Waals surface area (Å²) in [5.41, 5.74) is 2.20. The van der Waals surface area contributed by atoms with Gasteiger partial charge >= 0.3 is 0 Å². The average molecular weight is 357 g/mol. The first-order chi connectivity index (χ1) is 12.6. The minimum Gasteiger partial charge on any atom is -0.493 e.